The number of nitrogens with one attached hydrogen (secondary N) is 2. The molecule has 33 heavy (non-hydrogen) atoms. The first-order chi connectivity index (χ1) is 16.0. The van der Waals surface area contributed by atoms with Crippen LogP contribution in [-0.4, -0.2) is 28.1 Å². The van der Waals surface area contributed by atoms with Gasteiger partial charge in [-0.2, -0.15) is 0 Å². The van der Waals surface area contributed by atoms with E-state index >= 15 is 0 Å². The maximum Gasteiger partial charge on any atom is 0.251 e. The van der Waals surface area contributed by atoms with Crippen molar-refractivity contribution in [2.75, 3.05) is 5.32 Å². The van der Waals surface area contributed by atoms with E-state index in [2.05, 4.69) is 36.8 Å². The van der Waals surface area contributed by atoms with Gasteiger partial charge in [0.25, 0.3) is 5.91 Å². The zero-order valence-corrected chi connectivity index (χ0v) is 19.6. The summed E-state index contributed by atoms with van der Waals surface area (Å²) in [4.78, 5) is 25.9. The number of amides is 2. The molecule has 0 aliphatic rings. The number of hydrogen-bond donors (Lipinski definition) is 2. The minimum absolute atomic E-state index is 0.287. The summed E-state index contributed by atoms with van der Waals surface area (Å²) in [6.07, 6.45) is 0.304. The Morgan fingerprint density at radius 3 is 2.33 bits per heavy atom. The molecule has 0 radical (unpaired) electrons. The summed E-state index contributed by atoms with van der Waals surface area (Å²) in [5, 5.41) is 14.5. The maximum absolute atomic E-state index is 13.2. The summed E-state index contributed by atoms with van der Waals surface area (Å²) < 4.78 is 14.0. The van der Waals surface area contributed by atoms with Gasteiger partial charge in [0, 0.05) is 22.0 Å². The second kappa shape index (κ2) is 10.5. The third-order valence-corrected chi connectivity index (χ3v) is 6.17. The molecule has 9 heteroatoms. The van der Waals surface area contributed by atoms with Gasteiger partial charge in [-0.1, -0.05) is 57.6 Å². The minimum Gasteiger partial charge on any atom is -0.340 e. The first-order valence-corrected chi connectivity index (χ1v) is 11.6. The zero-order valence-electron chi connectivity index (χ0n) is 17.2. The summed E-state index contributed by atoms with van der Waals surface area (Å²) in [7, 11) is 0. The largest absolute Gasteiger partial charge is 0.340 e. The number of anilines is 1. The van der Waals surface area contributed by atoms with E-state index < -0.39 is 11.9 Å². The monoisotopic (exact) mass is 524 g/mol. The third-order valence-electron chi connectivity index (χ3n) is 4.76. The second-order valence-corrected chi connectivity index (χ2v) is 9.02. The van der Waals surface area contributed by atoms with Crippen LogP contribution in [-0.2, 0) is 11.2 Å². The minimum atomic E-state index is -0.832. The van der Waals surface area contributed by atoms with Crippen molar-refractivity contribution in [3.05, 3.63) is 100 Å². The molecular formula is C24H18BrFN4O2S. The summed E-state index contributed by atoms with van der Waals surface area (Å²) in [6, 6.07) is 21.3. The molecule has 1 atom stereocenters. The molecule has 6 nitrogen and oxygen atoms in total. The quantitative estimate of drug-likeness (QED) is 0.352. The number of rotatable bonds is 7. The van der Waals surface area contributed by atoms with E-state index in [1.165, 1.54) is 23.5 Å². The highest BCUT2D eigenvalue weighted by Crippen LogP contribution is 2.26. The topological polar surface area (TPSA) is 84.0 Å². The van der Waals surface area contributed by atoms with Gasteiger partial charge in [-0.25, -0.2) is 4.39 Å². The average molecular weight is 525 g/mol. The fourth-order valence-electron chi connectivity index (χ4n) is 3.08. The van der Waals surface area contributed by atoms with Gasteiger partial charge in [0.1, 0.15) is 16.9 Å². The van der Waals surface area contributed by atoms with E-state index in [0.29, 0.717) is 22.6 Å². The number of halogens is 2. The Hall–Kier alpha value is -3.43. The number of hydrogen-bond acceptors (Lipinski definition) is 5. The van der Waals surface area contributed by atoms with Gasteiger partial charge in [-0.3, -0.25) is 14.9 Å². The molecule has 2 N–H and O–H groups in total. The molecule has 0 saturated carbocycles. The normalized spacial score (nSPS) is 11.6. The van der Waals surface area contributed by atoms with E-state index in [9.17, 15) is 14.0 Å². The summed E-state index contributed by atoms with van der Waals surface area (Å²) >= 11 is 4.51. The lowest BCUT2D eigenvalue weighted by Crippen LogP contribution is -2.45. The SMILES string of the molecule is O=C(N[C@@H](Cc1ccccc1)C(=O)Nc1nnc(-c2ccc(F)cc2)s1)c1ccc(Br)cc1. The highest BCUT2D eigenvalue weighted by Gasteiger charge is 2.23. The molecule has 1 heterocycles. The summed E-state index contributed by atoms with van der Waals surface area (Å²) in [5.41, 5.74) is 2.04. The van der Waals surface area contributed by atoms with Crippen molar-refractivity contribution in [3.63, 3.8) is 0 Å². The lowest BCUT2D eigenvalue weighted by molar-refractivity contribution is -0.118. The Bertz CT molecular complexity index is 1250. The molecular weight excluding hydrogens is 507 g/mol. The molecule has 166 valence electrons. The first-order valence-electron chi connectivity index (χ1n) is 9.98. The van der Waals surface area contributed by atoms with Gasteiger partial charge in [0.2, 0.25) is 11.0 Å². The van der Waals surface area contributed by atoms with Crippen molar-refractivity contribution in [2.45, 2.75) is 12.5 Å². The zero-order chi connectivity index (χ0) is 23.2. The molecule has 0 fully saturated rings. The fourth-order valence-corrected chi connectivity index (χ4v) is 4.09. The van der Waals surface area contributed by atoms with Crippen molar-refractivity contribution >= 4 is 44.2 Å². The van der Waals surface area contributed by atoms with Crippen LogP contribution in [0.4, 0.5) is 9.52 Å². The Balaban J connectivity index is 1.50. The Kier molecular flexibility index (Phi) is 7.21. The molecule has 1 aromatic heterocycles. The van der Waals surface area contributed by atoms with Gasteiger partial charge in [-0.15, -0.1) is 10.2 Å². The predicted molar refractivity (Wildman–Crippen MR) is 129 cm³/mol. The van der Waals surface area contributed by atoms with Gasteiger partial charge < -0.3 is 5.32 Å². The highest BCUT2D eigenvalue weighted by molar-refractivity contribution is 9.10. The van der Waals surface area contributed by atoms with Crippen molar-refractivity contribution in [1.82, 2.24) is 15.5 Å². The molecule has 0 spiro atoms. The Labute approximate surface area is 202 Å². The van der Waals surface area contributed by atoms with Gasteiger partial charge >= 0.3 is 0 Å². The van der Waals surface area contributed by atoms with Crippen LogP contribution < -0.4 is 10.6 Å². The molecule has 3 aromatic carbocycles. The smallest absolute Gasteiger partial charge is 0.251 e. The third kappa shape index (κ3) is 6.09. The van der Waals surface area contributed by atoms with Crippen LogP contribution in [0.15, 0.2) is 83.3 Å². The van der Waals surface area contributed by atoms with Gasteiger partial charge in [0.15, 0.2) is 0 Å². The molecule has 0 aliphatic heterocycles. The van der Waals surface area contributed by atoms with E-state index in [0.717, 1.165) is 10.0 Å². The van der Waals surface area contributed by atoms with Crippen molar-refractivity contribution in [1.29, 1.82) is 0 Å². The number of carbonyl (C=O) groups is 2. The lowest BCUT2D eigenvalue weighted by atomic mass is 10.0. The van der Waals surface area contributed by atoms with Crippen LogP contribution in [0.1, 0.15) is 15.9 Å². The molecule has 0 bridgehead atoms. The van der Waals surface area contributed by atoms with E-state index in [-0.39, 0.29) is 16.9 Å². The van der Waals surface area contributed by atoms with Crippen LogP contribution in [0.25, 0.3) is 10.6 Å². The molecule has 4 rings (SSSR count). The summed E-state index contributed by atoms with van der Waals surface area (Å²) in [5.74, 6) is -1.11. The van der Waals surface area contributed by atoms with E-state index in [4.69, 9.17) is 0 Å². The standard InChI is InChI=1S/C24H18BrFN4O2S/c25-18-10-6-16(7-11-18)21(31)27-20(14-15-4-2-1-3-5-15)22(32)28-24-30-29-23(33-24)17-8-12-19(26)13-9-17/h1-13,20H,14H2,(H,27,31)(H,28,30,32)/t20-/m0/s1. The Morgan fingerprint density at radius 1 is 0.939 bits per heavy atom. The van der Waals surface area contributed by atoms with Crippen LogP contribution in [0.2, 0.25) is 0 Å². The van der Waals surface area contributed by atoms with Crippen molar-refractivity contribution < 1.29 is 14.0 Å². The van der Waals surface area contributed by atoms with Crippen molar-refractivity contribution in [3.8, 4) is 10.6 Å². The van der Waals surface area contributed by atoms with E-state index in [1.807, 2.05) is 30.3 Å². The van der Waals surface area contributed by atoms with Crippen LogP contribution >= 0.6 is 27.3 Å². The second-order valence-electron chi connectivity index (χ2n) is 7.13. The highest BCUT2D eigenvalue weighted by atomic mass is 79.9. The first kappa shape index (κ1) is 22.8. The number of aromatic nitrogens is 2. The van der Waals surface area contributed by atoms with Gasteiger partial charge in [0.05, 0.1) is 0 Å². The molecule has 4 aromatic rings. The van der Waals surface area contributed by atoms with E-state index in [1.54, 1.807) is 36.4 Å². The number of benzene rings is 3. The van der Waals surface area contributed by atoms with Gasteiger partial charge in [-0.05, 0) is 54.1 Å². The fraction of sp³-hybridized carbons (Fsp3) is 0.0833. The Morgan fingerprint density at radius 2 is 1.64 bits per heavy atom. The van der Waals surface area contributed by atoms with Crippen LogP contribution in [0.3, 0.4) is 0 Å². The number of carbonyl (C=O) groups excluding carboxylic acids is 2. The molecule has 0 unspecified atom stereocenters. The van der Waals surface area contributed by atoms with Crippen LogP contribution in [0.5, 0.6) is 0 Å². The van der Waals surface area contributed by atoms with Crippen LogP contribution in [0, 0.1) is 5.82 Å². The lowest BCUT2D eigenvalue weighted by Gasteiger charge is -2.18. The summed E-state index contributed by atoms with van der Waals surface area (Å²) in [6.45, 7) is 0. The maximum atomic E-state index is 13.2. The molecule has 2 amide bonds. The predicted octanol–water partition coefficient (Wildman–Crippen LogP) is 5.09. The molecule has 0 saturated heterocycles. The molecule has 0 aliphatic carbocycles. The van der Waals surface area contributed by atoms with Crippen molar-refractivity contribution in [2.24, 2.45) is 0 Å². The average Bonchev–Trinajstić information content (AvgIpc) is 3.28. The number of nitrogens with zero attached hydrogens (tertiary/aromatic N) is 2.